The number of benzene rings is 3. The zero-order chi connectivity index (χ0) is 43.5. The summed E-state index contributed by atoms with van der Waals surface area (Å²) in [6, 6.07) is 28.3. The highest BCUT2D eigenvalue weighted by atomic mass is 16.5. The van der Waals surface area contributed by atoms with Crippen LogP contribution in [-0.2, 0) is 15.9 Å². The van der Waals surface area contributed by atoms with E-state index in [4.69, 9.17) is 9.47 Å². The molecule has 1 aromatic heterocycles. The molecule has 0 spiro atoms. The topological polar surface area (TPSA) is 26.6 Å². The zero-order valence-electron chi connectivity index (χ0n) is 36.7. The van der Waals surface area contributed by atoms with Gasteiger partial charge in [0.25, 0.3) is 0 Å². The van der Waals surface area contributed by atoms with Crippen molar-refractivity contribution in [2.24, 2.45) is 5.41 Å². The standard InChI is InChI=1S/C60H54N2O2/c1-4-44-19-7-6-16-37-63-59(39-44)60(3)35-33-50(34-36-60)61(49-31-29-47(30-32-49)46-22-8-5-9-23-46)43(2)18-10-11-20-45-21-17-25-51(38-45)62-56-28-15-14-27-53(56)55-42-58-54(41-57(55)62)48-24-12-13-26-52(40-48)64-58/h4-31,33-35,38-41,49,52,58H,2,32,36-37,42H2,1,3H3. The van der Waals surface area contributed by atoms with Crippen molar-refractivity contribution in [3.05, 3.63) is 263 Å². The summed E-state index contributed by atoms with van der Waals surface area (Å²) in [6.07, 6.45) is 50.8. The van der Waals surface area contributed by atoms with Crippen molar-refractivity contribution in [3.63, 3.8) is 0 Å². The molecule has 64 heavy (non-hydrogen) atoms. The fourth-order valence-electron chi connectivity index (χ4n) is 9.65. The SMILES string of the molecule is C=C(C=CC=Cc1cccc(-n2c3c(c4ccccc42)CC2OC4C=CC=CC(=C4)C2=C3)c1)N(C1=CCC(C)(C2=CC(=CC)C=CC=CCO2)C=C1)C1C=CC(c2ccccc2)=CC1. The van der Waals surface area contributed by atoms with E-state index in [1.165, 1.54) is 44.4 Å². The predicted octanol–water partition coefficient (Wildman–Crippen LogP) is 14.0. The Bertz CT molecular complexity index is 2940. The lowest BCUT2D eigenvalue weighted by molar-refractivity contribution is 0.0548. The number of hydrogen-bond donors (Lipinski definition) is 0. The lowest BCUT2D eigenvalue weighted by Crippen LogP contribution is -2.33. The maximum absolute atomic E-state index is 6.58. The molecule has 10 rings (SSSR count). The van der Waals surface area contributed by atoms with E-state index < -0.39 is 0 Å². The van der Waals surface area contributed by atoms with Crippen molar-refractivity contribution < 1.29 is 9.47 Å². The van der Waals surface area contributed by atoms with E-state index in [-0.39, 0.29) is 23.7 Å². The van der Waals surface area contributed by atoms with Gasteiger partial charge in [0.15, 0.2) is 0 Å². The van der Waals surface area contributed by atoms with Crippen LogP contribution in [0.4, 0.5) is 0 Å². The van der Waals surface area contributed by atoms with Crippen LogP contribution in [0.15, 0.2) is 241 Å². The molecular weight excluding hydrogens is 781 g/mol. The summed E-state index contributed by atoms with van der Waals surface area (Å²) in [5.41, 5.74) is 13.9. The lowest BCUT2D eigenvalue weighted by Gasteiger charge is -2.38. The van der Waals surface area contributed by atoms with Gasteiger partial charge < -0.3 is 18.9 Å². The Kier molecular flexibility index (Phi) is 11.5. The van der Waals surface area contributed by atoms with Crippen molar-refractivity contribution in [2.45, 2.75) is 51.4 Å². The average molecular weight is 835 g/mol. The Balaban J connectivity index is 0.915. The fourth-order valence-corrected chi connectivity index (χ4v) is 9.65. The Morgan fingerprint density at radius 1 is 0.859 bits per heavy atom. The van der Waals surface area contributed by atoms with Gasteiger partial charge >= 0.3 is 0 Å². The van der Waals surface area contributed by atoms with E-state index in [0.717, 1.165) is 53.2 Å². The second kappa shape index (κ2) is 17.9. The predicted molar refractivity (Wildman–Crippen MR) is 267 cm³/mol. The third-order valence-electron chi connectivity index (χ3n) is 13.1. The minimum absolute atomic E-state index is 0.00839. The maximum atomic E-state index is 6.58. The Morgan fingerprint density at radius 2 is 1.73 bits per heavy atom. The van der Waals surface area contributed by atoms with Crippen LogP contribution >= 0.6 is 0 Å². The lowest BCUT2D eigenvalue weighted by atomic mass is 9.80. The highest BCUT2D eigenvalue weighted by molar-refractivity contribution is 5.92. The molecule has 4 aromatic rings. The summed E-state index contributed by atoms with van der Waals surface area (Å²) in [4.78, 5) is 2.38. The van der Waals surface area contributed by atoms with Gasteiger partial charge in [-0.3, -0.25) is 0 Å². The van der Waals surface area contributed by atoms with Gasteiger partial charge in [0.05, 0.1) is 29.5 Å². The minimum atomic E-state index is -0.284. The van der Waals surface area contributed by atoms with Gasteiger partial charge in [-0.1, -0.05) is 164 Å². The molecule has 2 bridgehead atoms. The smallest absolute Gasteiger partial charge is 0.107 e. The molecule has 0 radical (unpaired) electrons. The van der Waals surface area contributed by atoms with E-state index in [2.05, 4.69) is 236 Å². The summed E-state index contributed by atoms with van der Waals surface area (Å²) in [5.74, 6) is 0.968. The van der Waals surface area contributed by atoms with Crippen molar-refractivity contribution in [2.75, 3.05) is 6.61 Å². The van der Waals surface area contributed by atoms with Crippen LogP contribution in [-0.4, -0.2) is 34.3 Å². The van der Waals surface area contributed by atoms with Crippen LogP contribution in [0, 0.1) is 5.41 Å². The summed E-state index contributed by atoms with van der Waals surface area (Å²) in [5, 5.41) is 1.28. The fraction of sp³-hybridized carbons (Fsp3) is 0.167. The largest absolute Gasteiger partial charge is 0.493 e. The number of hydrogen-bond acceptors (Lipinski definition) is 3. The average Bonchev–Trinajstić information content (AvgIpc) is 3.60. The Morgan fingerprint density at radius 3 is 2.58 bits per heavy atom. The summed E-state index contributed by atoms with van der Waals surface area (Å²) in [7, 11) is 0. The minimum Gasteiger partial charge on any atom is -0.493 e. The number of aromatic nitrogens is 1. The van der Waals surface area contributed by atoms with E-state index in [1.807, 2.05) is 6.08 Å². The monoisotopic (exact) mass is 834 g/mol. The first-order valence-corrected chi connectivity index (χ1v) is 22.6. The first-order valence-electron chi connectivity index (χ1n) is 22.6. The first-order chi connectivity index (χ1) is 31.4. The molecule has 0 amide bonds. The van der Waals surface area contributed by atoms with Crippen LogP contribution in [0.2, 0.25) is 0 Å². The molecule has 4 unspecified atom stereocenters. The number of nitrogens with zero attached hydrogens (tertiary/aromatic N) is 2. The van der Waals surface area contributed by atoms with Gasteiger partial charge in [-0.25, -0.2) is 0 Å². The molecule has 0 saturated heterocycles. The molecule has 4 heteroatoms. The molecule has 316 valence electrons. The van der Waals surface area contributed by atoms with Crippen LogP contribution in [0.3, 0.4) is 0 Å². The number of allylic oxidation sites excluding steroid dienone is 17. The van der Waals surface area contributed by atoms with Gasteiger partial charge in [0, 0.05) is 34.3 Å². The highest BCUT2D eigenvalue weighted by Gasteiger charge is 2.34. The third kappa shape index (κ3) is 8.25. The van der Waals surface area contributed by atoms with Crippen LogP contribution in [0.1, 0.15) is 49.1 Å². The van der Waals surface area contributed by atoms with Crippen molar-refractivity contribution >= 4 is 28.6 Å². The summed E-state index contributed by atoms with van der Waals surface area (Å²) >= 11 is 0. The van der Waals surface area contributed by atoms with Gasteiger partial charge in [0.2, 0.25) is 0 Å². The molecule has 0 fully saturated rings. The maximum Gasteiger partial charge on any atom is 0.107 e. The number of ether oxygens (including phenoxy) is 2. The van der Waals surface area contributed by atoms with E-state index in [9.17, 15) is 0 Å². The molecule has 4 aliphatic carbocycles. The third-order valence-corrected chi connectivity index (χ3v) is 13.1. The number of rotatable bonds is 9. The van der Waals surface area contributed by atoms with E-state index in [0.29, 0.717) is 6.61 Å². The van der Waals surface area contributed by atoms with Crippen molar-refractivity contribution in [1.29, 1.82) is 0 Å². The molecule has 0 saturated carbocycles. The van der Waals surface area contributed by atoms with Crippen molar-refractivity contribution in [3.8, 4) is 5.69 Å². The van der Waals surface area contributed by atoms with Crippen LogP contribution in [0.25, 0.3) is 34.3 Å². The summed E-state index contributed by atoms with van der Waals surface area (Å²) in [6.45, 7) is 9.54. The van der Waals surface area contributed by atoms with Gasteiger partial charge in [0.1, 0.15) is 12.4 Å². The van der Waals surface area contributed by atoms with Crippen LogP contribution < -0.4 is 0 Å². The van der Waals surface area contributed by atoms with Crippen molar-refractivity contribution in [1.82, 2.24) is 9.47 Å². The first kappa shape index (κ1) is 40.9. The molecule has 6 aliphatic rings. The van der Waals surface area contributed by atoms with Gasteiger partial charge in [-0.2, -0.15) is 0 Å². The van der Waals surface area contributed by atoms with Crippen LogP contribution in [0.5, 0.6) is 0 Å². The van der Waals surface area contributed by atoms with Gasteiger partial charge in [-0.15, -0.1) is 0 Å². The number of fused-ring (bicyclic) bond motifs is 6. The second-order valence-electron chi connectivity index (χ2n) is 17.3. The van der Waals surface area contributed by atoms with E-state index in [1.54, 1.807) is 0 Å². The van der Waals surface area contributed by atoms with E-state index >= 15 is 0 Å². The Labute approximate surface area is 378 Å². The summed E-state index contributed by atoms with van der Waals surface area (Å²) < 4.78 is 15.4. The quantitative estimate of drug-likeness (QED) is 0.157. The molecule has 3 aromatic carbocycles. The molecule has 4 atom stereocenters. The molecule has 4 nitrogen and oxygen atoms in total. The molecule has 3 heterocycles. The molecule has 2 aliphatic heterocycles. The zero-order valence-corrected chi connectivity index (χ0v) is 36.7. The molecular formula is C60H54N2O2. The second-order valence-corrected chi connectivity index (χ2v) is 17.3. The molecule has 0 N–H and O–H groups in total. The van der Waals surface area contributed by atoms with Gasteiger partial charge in [-0.05, 0) is 120 Å². The normalized spacial score (nSPS) is 24.2. The highest BCUT2D eigenvalue weighted by Crippen LogP contribution is 2.43. The number of para-hydroxylation sites is 1. The Hall–Kier alpha value is -7.14.